The number of nitro groups is 1. The van der Waals surface area contributed by atoms with Crippen molar-refractivity contribution in [1.29, 1.82) is 0 Å². The molecule has 0 saturated heterocycles. The lowest BCUT2D eigenvalue weighted by Crippen LogP contribution is -2.16. The van der Waals surface area contributed by atoms with Crippen LogP contribution >= 0.6 is 0 Å². The number of carbonyl (C=O) groups excluding carboxylic acids is 1. The van der Waals surface area contributed by atoms with Crippen molar-refractivity contribution in [3.8, 4) is 0 Å². The van der Waals surface area contributed by atoms with E-state index in [1.54, 1.807) is 29.7 Å². The minimum absolute atomic E-state index is 0.0278. The van der Waals surface area contributed by atoms with Gasteiger partial charge in [-0.05, 0) is 24.6 Å². The Morgan fingerprint density at radius 3 is 2.62 bits per heavy atom. The molecule has 1 aromatic heterocycles. The number of rotatable bonds is 6. The van der Waals surface area contributed by atoms with E-state index in [2.05, 4.69) is 6.58 Å². The highest BCUT2D eigenvalue weighted by molar-refractivity contribution is 5.96. The van der Waals surface area contributed by atoms with Crippen molar-refractivity contribution in [3.63, 3.8) is 0 Å². The maximum absolute atomic E-state index is 12.5. The second kappa shape index (κ2) is 7.23. The fourth-order valence-corrected chi connectivity index (χ4v) is 3.04. The molecule has 26 heavy (non-hydrogen) atoms. The number of esters is 1. The molecule has 6 nitrogen and oxygen atoms in total. The van der Waals surface area contributed by atoms with Gasteiger partial charge in [0.15, 0.2) is 0 Å². The molecule has 0 aliphatic heterocycles. The number of non-ortho nitro benzene ring substituents is 1. The Balaban J connectivity index is 2.26. The molecular formula is C20H18N2O4. The molecule has 0 amide bonds. The number of aromatic nitrogens is 1. The van der Waals surface area contributed by atoms with Gasteiger partial charge in [-0.15, -0.1) is 6.58 Å². The third kappa shape index (κ3) is 3.09. The minimum Gasteiger partial charge on any atom is -0.461 e. The number of hydrogen-bond acceptors (Lipinski definition) is 4. The Kier molecular flexibility index (Phi) is 4.84. The Morgan fingerprint density at radius 2 is 2.00 bits per heavy atom. The van der Waals surface area contributed by atoms with Gasteiger partial charge in [0.2, 0.25) is 0 Å². The second-order valence-corrected chi connectivity index (χ2v) is 5.71. The summed E-state index contributed by atoms with van der Waals surface area (Å²) in [5.74, 6) is -0.478. The number of nitrogens with zero attached hydrogens (tertiary/aromatic N) is 2. The summed E-state index contributed by atoms with van der Waals surface area (Å²) in [7, 11) is 0. The quantitative estimate of drug-likeness (QED) is 0.284. The van der Waals surface area contributed by atoms with Crippen molar-refractivity contribution in [2.75, 3.05) is 6.61 Å². The van der Waals surface area contributed by atoms with Crippen LogP contribution in [0.25, 0.3) is 10.9 Å². The summed E-state index contributed by atoms with van der Waals surface area (Å²) in [5, 5.41) is 11.7. The van der Waals surface area contributed by atoms with Crippen LogP contribution in [0.15, 0.2) is 67.3 Å². The number of allylic oxidation sites excluding steroid dienone is 1. The first-order valence-electron chi connectivity index (χ1n) is 8.20. The maximum atomic E-state index is 12.5. The molecule has 0 saturated carbocycles. The van der Waals surface area contributed by atoms with Gasteiger partial charge in [0.05, 0.1) is 23.1 Å². The number of benzene rings is 2. The van der Waals surface area contributed by atoms with E-state index in [0.717, 1.165) is 5.56 Å². The molecule has 0 aliphatic rings. The topological polar surface area (TPSA) is 74.4 Å². The largest absolute Gasteiger partial charge is 0.461 e. The van der Waals surface area contributed by atoms with Gasteiger partial charge in [0.25, 0.3) is 5.69 Å². The first-order chi connectivity index (χ1) is 12.6. The summed E-state index contributed by atoms with van der Waals surface area (Å²) in [6.07, 6.45) is 1.74. The van der Waals surface area contributed by atoms with Crippen molar-refractivity contribution in [1.82, 2.24) is 4.57 Å². The fraction of sp³-hybridized carbons (Fsp3) is 0.150. The normalized spacial score (nSPS) is 11.9. The molecule has 0 radical (unpaired) electrons. The van der Waals surface area contributed by atoms with E-state index < -0.39 is 10.9 Å². The van der Waals surface area contributed by atoms with Crippen LogP contribution in [0.4, 0.5) is 5.69 Å². The van der Waals surface area contributed by atoms with Gasteiger partial charge >= 0.3 is 5.97 Å². The van der Waals surface area contributed by atoms with Gasteiger partial charge in [-0.25, -0.2) is 4.79 Å². The van der Waals surface area contributed by atoms with Gasteiger partial charge in [0.1, 0.15) is 5.69 Å². The molecule has 1 heterocycles. The van der Waals surface area contributed by atoms with Gasteiger partial charge in [-0.1, -0.05) is 36.4 Å². The van der Waals surface area contributed by atoms with Crippen LogP contribution in [0.2, 0.25) is 0 Å². The van der Waals surface area contributed by atoms with Gasteiger partial charge < -0.3 is 9.30 Å². The first-order valence-corrected chi connectivity index (χ1v) is 8.20. The summed E-state index contributed by atoms with van der Waals surface area (Å²) < 4.78 is 6.98. The van der Waals surface area contributed by atoms with Gasteiger partial charge in [-0.2, -0.15) is 0 Å². The average molecular weight is 350 g/mol. The number of hydrogen-bond donors (Lipinski definition) is 0. The lowest BCUT2D eigenvalue weighted by atomic mass is 10.1. The van der Waals surface area contributed by atoms with Crippen molar-refractivity contribution < 1.29 is 14.5 Å². The second-order valence-electron chi connectivity index (χ2n) is 5.71. The number of nitro benzene ring substituents is 1. The highest BCUT2D eigenvalue weighted by atomic mass is 16.6. The number of ether oxygens (including phenoxy) is 1. The third-order valence-corrected chi connectivity index (χ3v) is 4.16. The smallest absolute Gasteiger partial charge is 0.355 e. The zero-order valence-corrected chi connectivity index (χ0v) is 14.3. The molecule has 132 valence electrons. The maximum Gasteiger partial charge on any atom is 0.355 e. The predicted molar refractivity (Wildman–Crippen MR) is 99.3 cm³/mol. The lowest BCUT2D eigenvalue weighted by Gasteiger charge is -2.19. The minimum atomic E-state index is -0.478. The summed E-state index contributed by atoms with van der Waals surface area (Å²) in [4.78, 5) is 23.1. The standard InChI is InChI=1S/C20H18N2O4/c1-3-17(14-8-6-5-7-9-14)21-18-11-10-16(22(24)25)12-15(18)13-19(21)20(23)26-4-2/h3,5-13,17H,1,4H2,2H3/t17-/m1/s1. The Labute approximate surface area is 150 Å². The van der Waals surface area contributed by atoms with Crippen LogP contribution in [-0.2, 0) is 4.74 Å². The van der Waals surface area contributed by atoms with Crippen LogP contribution < -0.4 is 0 Å². The van der Waals surface area contributed by atoms with Crippen LogP contribution in [-0.4, -0.2) is 22.1 Å². The van der Waals surface area contributed by atoms with Gasteiger partial charge in [-0.3, -0.25) is 10.1 Å². The zero-order valence-electron chi connectivity index (χ0n) is 14.3. The van der Waals surface area contributed by atoms with Crippen LogP contribution in [0.3, 0.4) is 0 Å². The third-order valence-electron chi connectivity index (χ3n) is 4.16. The summed E-state index contributed by atoms with van der Waals surface area (Å²) in [6.45, 7) is 5.89. The monoisotopic (exact) mass is 350 g/mol. The SMILES string of the molecule is C=C[C@H](c1ccccc1)n1c(C(=O)OCC)cc2cc([N+](=O)[O-])ccc21. The van der Waals surface area contributed by atoms with E-state index in [4.69, 9.17) is 4.74 Å². The van der Waals surface area contributed by atoms with E-state index in [9.17, 15) is 14.9 Å². The molecular weight excluding hydrogens is 332 g/mol. The van der Waals surface area contributed by atoms with E-state index in [1.165, 1.54) is 12.1 Å². The van der Waals surface area contributed by atoms with Crippen molar-refractivity contribution in [2.45, 2.75) is 13.0 Å². The molecule has 1 atom stereocenters. The van der Waals surface area contributed by atoms with E-state index in [1.807, 2.05) is 30.3 Å². The molecule has 0 spiro atoms. The Morgan fingerprint density at radius 1 is 1.27 bits per heavy atom. The van der Waals surface area contributed by atoms with Crippen molar-refractivity contribution in [2.24, 2.45) is 0 Å². The molecule has 3 rings (SSSR count). The average Bonchev–Trinajstić information content (AvgIpc) is 3.02. The van der Waals surface area contributed by atoms with Gasteiger partial charge in [0, 0.05) is 17.5 Å². The summed E-state index contributed by atoms with van der Waals surface area (Å²) in [6, 6.07) is 15.5. The van der Waals surface area contributed by atoms with Crippen LogP contribution in [0.1, 0.15) is 29.0 Å². The molecule has 0 bridgehead atoms. The number of carbonyl (C=O) groups is 1. The summed E-state index contributed by atoms with van der Waals surface area (Å²) >= 11 is 0. The van der Waals surface area contributed by atoms with Crippen LogP contribution in [0, 0.1) is 10.1 Å². The lowest BCUT2D eigenvalue weighted by molar-refractivity contribution is -0.384. The van der Waals surface area contributed by atoms with Crippen molar-refractivity contribution >= 4 is 22.6 Å². The molecule has 0 fully saturated rings. The molecule has 0 aliphatic carbocycles. The first kappa shape index (κ1) is 17.4. The Bertz CT molecular complexity index is 976. The molecule has 0 unspecified atom stereocenters. The molecule has 6 heteroatoms. The Hall–Kier alpha value is -3.41. The predicted octanol–water partition coefficient (Wildman–Crippen LogP) is 4.50. The highest BCUT2D eigenvalue weighted by Crippen LogP contribution is 2.31. The zero-order chi connectivity index (χ0) is 18.7. The number of fused-ring (bicyclic) bond motifs is 1. The van der Waals surface area contributed by atoms with E-state index in [0.29, 0.717) is 16.6 Å². The summed E-state index contributed by atoms with van der Waals surface area (Å²) in [5.41, 5.74) is 1.95. The molecule has 0 N–H and O–H groups in total. The molecule has 2 aromatic carbocycles. The van der Waals surface area contributed by atoms with Crippen molar-refractivity contribution in [3.05, 3.63) is 88.6 Å². The van der Waals surface area contributed by atoms with Crippen LogP contribution in [0.5, 0.6) is 0 Å². The van der Waals surface area contributed by atoms with E-state index >= 15 is 0 Å². The highest BCUT2D eigenvalue weighted by Gasteiger charge is 2.23. The van der Waals surface area contributed by atoms with E-state index in [-0.39, 0.29) is 18.3 Å². The fourth-order valence-electron chi connectivity index (χ4n) is 3.04. The molecule has 3 aromatic rings.